The predicted octanol–water partition coefficient (Wildman–Crippen LogP) is 0.392. The van der Waals surface area contributed by atoms with Gasteiger partial charge in [0.25, 0.3) is 0 Å². The average molecular weight is 293 g/mol. The molecule has 0 aromatic heterocycles. The molecule has 0 bridgehead atoms. The highest BCUT2D eigenvalue weighted by Gasteiger charge is 2.29. The summed E-state index contributed by atoms with van der Waals surface area (Å²) in [5, 5.41) is 0. The summed E-state index contributed by atoms with van der Waals surface area (Å²) in [5.74, 6) is 0. The van der Waals surface area contributed by atoms with E-state index >= 15 is 0 Å². The number of hydrogen-bond acceptors (Lipinski definition) is 2. The van der Waals surface area contributed by atoms with E-state index in [1.54, 1.807) is 0 Å². The van der Waals surface area contributed by atoms with E-state index in [4.69, 9.17) is 8.23 Å². The van der Waals surface area contributed by atoms with E-state index in [1.807, 2.05) is 6.55 Å². The zero-order chi connectivity index (χ0) is 12.1. The molecule has 0 aromatic carbocycles. The Kier molecular flexibility index (Phi) is 6.59. The molecule has 0 saturated heterocycles. The Bertz CT molecular complexity index is 188. The van der Waals surface area contributed by atoms with Gasteiger partial charge in [0.05, 0.1) is 0 Å². The van der Waals surface area contributed by atoms with Crippen LogP contribution in [0.3, 0.4) is 0 Å². The van der Waals surface area contributed by atoms with Gasteiger partial charge in [-0.25, -0.2) is 0 Å². The van der Waals surface area contributed by atoms with E-state index in [1.165, 1.54) is 0 Å². The fourth-order valence-corrected chi connectivity index (χ4v) is 12.7. The number of hydrogen-bond donors (Lipinski definition) is 0. The molecule has 9 heteroatoms. The van der Waals surface area contributed by atoms with E-state index < -0.39 is 38.8 Å². The van der Waals surface area contributed by atoms with Crippen LogP contribution in [-0.2, 0) is 8.23 Å². The molecule has 0 spiro atoms. The van der Waals surface area contributed by atoms with E-state index in [0.29, 0.717) is 10.5 Å². The Morgan fingerprint density at radius 2 is 1.93 bits per heavy atom. The molecule has 0 aliphatic heterocycles. The maximum atomic E-state index is 11.9. The molecule has 0 rings (SSSR count). The molecule has 15 heavy (non-hydrogen) atoms. The number of rotatable bonds is 6. The summed E-state index contributed by atoms with van der Waals surface area (Å²) in [6.45, 7) is 6.00. The molecule has 0 radical (unpaired) electrons. The van der Waals surface area contributed by atoms with Gasteiger partial charge in [0.1, 0.15) is 10.5 Å². The minimum Gasteiger partial charge on any atom is -0.464 e. The Balaban J connectivity index is 3.71. The summed E-state index contributed by atoms with van der Waals surface area (Å²) < 4.78 is 46.8. The third-order valence-electron chi connectivity index (χ3n) is 2.10. The topological polar surface area (TPSA) is 18.5 Å². The van der Waals surface area contributed by atoms with Gasteiger partial charge in [-0.2, -0.15) is 13.2 Å². The summed E-state index contributed by atoms with van der Waals surface area (Å²) in [5.41, 5.74) is 0. The van der Waals surface area contributed by atoms with Crippen LogP contribution in [0.15, 0.2) is 0 Å². The summed E-state index contributed by atoms with van der Waals surface area (Å²) >= 11 is 0. The summed E-state index contributed by atoms with van der Waals surface area (Å²) in [6.07, 6.45) is -4.73. The van der Waals surface area contributed by atoms with Crippen molar-refractivity contribution in [3.63, 3.8) is 0 Å². The first-order valence-corrected chi connectivity index (χ1v) is 14.0. The Morgan fingerprint density at radius 1 is 1.40 bits per heavy atom. The lowest BCUT2D eigenvalue weighted by Gasteiger charge is -2.22. The molecular formula is C6H19F3O2Si4. The highest BCUT2D eigenvalue weighted by Crippen LogP contribution is 2.22. The monoisotopic (exact) mass is 292 g/mol. The van der Waals surface area contributed by atoms with E-state index in [-0.39, 0.29) is 6.04 Å². The minimum absolute atomic E-state index is 0.197. The Hall–Kier alpha value is 0.578. The Labute approximate surface area is 96.7 Å². The van der Waals surface area contributed by atoms with Crippen molar-refractivity contribution in [2.75, 3.05) is 0 Å². The molecule has 92 valence electrons. The SMILES string of the molecule is C[SiH](CCC(F)(F)F)O[SiH2][Si](C)(C)O[SiH3]. The molecule has 0 aliphatic rings. The standard InChI is InChI=1S/C6H19F3O2Si4/c1-14(5-4-6(7,8)9)11-13-15(2,3)10-12/h14H,4-5,13H2,1-3,12H3. The summed E-state index contributed by atoms with van der Waals surface area (Å²) in [6, 6.07) is 0.197. The van der Waals surface area contributed by atoms with Gasteiger partial charge in [0, 0.05) is 6.42 Å². The smallest absolute Gasteiger partial charge is 0.388 e. The first-order chi connectivity index (χ1) is 6.66. The first-order valence-electron chi connectivity index (χ1n) is 4.90. The van der Waals surface area contributed by atoms with Crippen LogP contribution in [0.1, 0.15) is 6.42 Å². The molecular weight excluding hydrogens is 273 g/mol. The van der Waals surface area contributed by atoms with E-state index in [9.17, 15) is 13.2 Å². The number of halogens is 3. The van der Waals surface area contributed by atoms with E-state index in [2.05, 4.69) is 13.1 Å². The molecule has 2 nitrogen and oxygen atoms in total. The van der Waals surface area contributed by atoms with Crippen LogP contribution in [0.2, 0.25) is 25.7 Å². The van der Waals surface area contributed by atoms with Crippen molar-refractivity contribution in [1.29, 1.82) is 0 Å². The van der Waals surface area contributed by atoms with Gasteiger partial charge in [0.15, 0.2) is 26.2 Å². The van der Waals surface area contributed by atoms with Gasteiger partial charge in [-0.1, -0.05) is 0 Å². The molecule has 1 atom stereocenters. The normalized spacial score (nSPS) is 16.4. The van der Waals surface area contributed by atoms with Crippen LogP contribution in [0.4, 0.5) is 13.2 Å². The second kappa shape index (κ2) is 6.35. The molecule has 0 aromatic rings. The third-order valence-corrected chi connectivity index (χ3v) is 17.4. The van der Waals surface area contributed by atoms with Crippen LogP contribution in [-0.4, -0.2) is 42.8 Å². The number of alkyl halides is 3. The van der Waals surface area contributed by atoms with Crippen molar-refractivity contribution in [3.05, 3.63) is 0 Å². The molecule has 0 N–H and O–H groups in total. The maximum absolute atomic E-state index is 11.9. The fraction of sp³-hybridized carbons (Fsp3) is 1.00. The molecule has 1 unspecified atom stereocenters. The molecule has 0 aliphatic carbocycles. The van der Waals surface area contributed by atoms with Crippen LogP contribution in [0.5, 0.6) is 0 Å². The lowest BCUT2D eigenvalue weighted by molar-refractivity contribution is -0.130. The minimum atomic E-state index is -4.03. The van der Waals surface area contributed by atoms with Crippen molar-refractivity contribution in [3.8, 4) is 0 Å². The molecule has 0 heterocycles. The highest BCUT2D eigenvalue weighted by molar-refractivity contribution is 7.19. The van der Waals surface area contributed by atoms with Crippen molar-refractivity contribution in [2.24, 2.45) is 0 Å². The van der Waals surface area contributed by atoms with Crippen molar-refractivity contribution in [1.82, 2.24) is 0 Å². The molecule has 0 fully saturated rings. The highest BCUT2D eigenvalue weighted by atomic mass is 29.2. The van der Waals surface area contributed by atoms with Crippen LogP contribution < -0.4 is 0 Å². The zero-order valence-corrected chi connectivity index (χ0v) is 15.2. The second-order valence-electron chi connectivity index (χ2n) is 4.24. The maximum Gasteiger partial charge on any atom is 0.388 e. The quantitative estimate of drug-likeness (QED) is 0.660. The van der Waals surface area contributed by atoms with Gasteiger partial charge >= 0.3 is 6.18 Å². The van der Waals surface area contributed by atoms with E-state index in [0.717, 1.165) is 0 Å². The van der Waals surface area contributed by atoms with Crippen LogP contribution >= 0.6 is 0 Å². The van der Waals surface area contributed by atoms with Gasteiger partial charge < -0.3 is 8.23 Å². The Morgan fingerprint density at radius 3 is 2.33 bits per heavy atom. The fourth-order valence-electron chi connectivity index (χ4n) is 0.852. The van der Waals surface area contributed by atoms with Gasteiger partial charge in [-0.15, -0.1) is 0 Å². The zero-order valence-electron chi connectivity index (χ0n) is 9.65. The lowest BCUT2D eigenvalue weighted by Crippen LogP contribution is -2.41. The third kappa shape index (κ3) is 9.50. The second-order valence-corrected chi connectivity index (χ2v) is 19.2. The molecule has 0 saturated carbocycles. The van der Waals surface area contributed by atoms with Gasteiger partial charge in [-0.3, -0.25) is 0 Å². The first kappa shape index (κ1) is 15.6. The van der Waals surface area contributed by atoms with Gasteiger partial charge in [0.2, 0.25) is 0 Å². The van der Waals surface area contributed by atoms with Crippen molar-refractivity contribution >= 4 is 36.6 Å². The van der Waals surface area contributed by atoms with Gasteiger partial charge in [-0.05, 0) is 25.7 Å². The average Bonchev–Trinajstić information content (AvgIpc) is 2.10. The lowest BCUT2D eigenvalue weighted by atomic mass is 10.5. The molecule has 0 amide bonds. The predicted molar refractivity (Wildman–Crippen MR) is 66.6 cm³/mol. The summed E-state index contributed by atoms with van der Waals surface area (Å²) in [7, 11) is -3.21. The van der Waals surface area contributed by atoms with Crippen molar-refractivity contribution in [2.45, 2.75) is 38.3 Å². The van der Waals surface area contributed by atoms with Crippen LogP contribution in [0, 0.1) is 0 Å². The van der Waals surface area contributed by atoms with Crippen molar-refractivity contribution < 1.29 is 21.4 Å². The largest absolute Gasteiger partial charge is 0.464 e. The van der Waals surface area contributed by atoms with Crippen LogP contribution in [0.25, 0.3) is 0 Å². The summed E-state index contributed by atoms with van der Waals surface area (Å²) in [4.78, 5) is 0.